The van der Waals surface area contributed by atoms with Crippen LogP contribution >= 0.6 is 0 Å². The Morgan fingerprint density at radius 2 is 1.67 bits per heavy atom. The fraction of sp³-hybridized carbons (Fsp3) is 0.0667. The van der Waals surface area contributed by atoms with Crippen LogP contribution in [0.5, 0.6) is 5.75 Å². The van der Waals surface area contributed by atoms with Crippen LogP contribution in [0.15, 0.2) is 43.0 Å². The van der Waals surface area contributed by atoms with Crippen LogP contribution < -0.4 is 4.74 Å². The third-order valence-corrected chi connectivity index (χ3v) is 2.99. The summed E-state index contributed by atoms with van der Waals surface area (Å²) in [5.74, 6) is -1.83. The Morgan fingerprint density at radius 3 is 2.10 bits per heavy atom. The van der Waals surface area contributed by atoms with Gasteiger partial charge in [-0.3, -0.25) is 10.1 Å². The first-order valence-electron chi connectivity index (χ1n) is 5.91. The molecule has 0 saturated heterocycles. The van der Waals surface area contributed by atoms with E-state index in [4.69, 9.17) is 4.74 Å². The molecule has 0 radical (unpaired) electrons. The lowest BCUT2D eigenvalue weighted by Gasteiger charge is -2.08. The van der Waals surface area contributed by atoms with E-state index in [1.807, 2.05) is 0 Å². The summed E-state index contributed by atoms with van der Waals surface area (Å²) in [6.07, 6.45) is 0. The molecule has 0 unspecified atom stereocenters. The molecule has 0 bridgehead atoms. The minimum Gasteiger partial charge on any atom is -0.497 e. The van der Waals surface area contributed by atoms with E-state index in [1.54, 1.807) is 24.3 Å². The van der Waals surface area contributed by atoms with Crippen molar-refractivity contribution < 1.29 is 18.4 Å². The van der Waals surface area contributed by atoms with Crippen molar-refractivity contribution in [3.05, 3.63) is 75.9 Å². The molecular weight excluding hydrogens is 280 g/mol. The number of methoxy groups -OCH3 is 1. The average Bonchev–Trinajstić information content (AvgIpc) is 2.45. The van der Waals surface area contributed by atoms with Gasteiger partial charge < -0.3 is 4.74 Å². The van der Waals surface area contributed by atoms with Crippen molar-refractivity contribution in [3.63, 3.8) is 0 Å². The Balaban J connectivity index is 2.41. The van der Waals surface area contributed by atoms with Gasteiger partial charge in [-0.05, 0) is 41.0 Å². The maximum Gasteiger partial charge on any atom is 0.340 e. The normalized spacial score (nSPS) is 10.2. The van der Waals surface area contributed by atoms with Crippen molar-refractivity contribution in [2.24, 2.45) is 0 Å². The molecule has 0 atom stereocenters. The molecule has 6 heteroatoms. The predicted octanol–water partition coefficient (Wildman–Crippen LogP) is 3.94. The SMILES string of the molecule is C=C(c1ccc(OC)cc1)c1cc(F)c([N+](=O)[O-])c(F)c1. The summed E-state index contributed by atoms with van der Waals surface area (Å²) in [6.45, 7) is 3.76. The second kappa shape index (κ2) is 5.70. The van der Waals surface area contributed by atoms with Crippen LogP contribution in [0, 0.1) is 21.7 Å². The Kier molecular flexibility index (Phi) is 3.98. The Labute approximate surface area is 119 Å². The highest BCUT2D eigenvalue weighted by molar-refractivity contribution is 5.78. The van der Waals surface area contributed by atoms with Crippen LogP contribution in [-0.2, 0) is 0 Å². The van der Waals surface area contributed by atoms with Crippen molar-refractivity contribution in [2.45, 2.75) is 0 Å². The van der Waals surface area contributed by atoms with Gasteiger partial charge in [0.2, 0.25) is 11.6 Å². The summed E-state index contributed by atoms with van der Waals surface area (Å²) in [5, 5.41) is 10.6. The molecule has 2 aromatic rings. The number of nitro groups is 1. The number of benzene rings is 2. The van der Waals surface area contributed by atoms with Gasteiger partial charge in [0.05, 0.1) is 12.0 Å². The van der Waals surface area contributed by atoms with E-state index in [0.29, 0.717) is 16.9 Å². The number of hydrogen-bond acceptors (Lipinski definition) is 3. The van der Waals surface area contributed by atoms with Gasteiger partial charge in [0.25, 0.3) is 0 Å². The lowest BCUT2D eigenvalue weighted by atomic mass is 9.99. The largest absolute Gasteiger partial charge is 0.497 e. The van der Waals surface area contributed by atoms with E-state index in [0.717, 1.165) is 12.1 Å². The van der Waals surface area contributed by atoms with Gasteiger partial charge in [-0.2, -0.15) is 8.78 Å². The zero-order valence-electron chi connectivity index (χ0n) is 11.1. The van der Waals surface area contributed by atoms with Gasteiger partial charge in [0.1, 0.15) is 5.75 Å². The molecule has 4 nitrogen and oxygen atoms in total. The highest BCUT2D eigenvalue weighted by atomic mass is 19.1. The van der Waals surface area contributed by atoms with Crippen molar-refractivity contribution in [2.75, 3.05) is 7.11 Å². The monoisotopic (exact) mass is 291 g/mol. The van der Waals surface area contributed by atoms with Crippen LogP contribution in [0.4, 0.5) is 14.5 Å². The minimum absolute atomic E-state index is 0.140. The molecule has 0 aliphatic heterocycles. The van der Waals surface area contributed by atoms with Gasteiger partial charge in [-0.25, -0.2) is 0 Å². The standard InChI is InChI=1S/C15H11F2NO3/c1-9(10-3-5-12(21-2)6-4-10)11-7-13(16)15(18(19)20)14(17)8-11/h3-8H,1H2,2H3. The Hall–Kier alpha value is -2.76. The number of nitrogens with zero attached hydrogens (tertiary/aromatic N) is 1. The van der Waals surface area contributed by atoms with Gasteiger partial charge in [0.15, 0.2) is 0 Å². The fourth-order valence-electron chi connectivity index (χ4n) is 1.87. The summed E-state index contributed by atoms with van der Waals surface area (Å²) in [6, 6.07) is 8.51. The van der Waals surface area contributed by atoms with Crippen LogP contribution in [0.1, 0.15) is 11.1 Å². The molecule has 0 heterocycles. The molecule has 0 spiro atoms. The van der Waals surface area contributed by atoms with Gasteiger partial charge in [0, 0.05) is 0 Å². The second-order valence-corrected chi connectivity index (χ2v) is 4.25. The highest BCUT2D eigenvalue weighted by Crippen LogP contribution is 2.29. The van der Waals surface area contributed by atoms with Gasteiger partial charge in [-0.15, -0.1) is 0 Å². The van der Waals surface area contributed by atoms with E-state index < -0.39 is 22.2 Å². The zero-order valence-corrected chi connectivity index (χ0v) is 11.1. The number of hydrogen-bond donors (Lipinski definition) is 0. The van der Waals surface area contributed by atoms with E-state index >= 15 is 0 Å². The van der Waals surface area contributed by atoms with E-state index in [-0.39, 0.29) is 5.56 Å². The van der Waals surface area contributed by atoms with E-state index in [1.165, 1.54) is 7.11 Å². The average molecular weight is 291 g/mol. The lowest BCUT2D eigenvalue weighted by molar-refractivity contribution is -0.390. The summed E-state index contributed by atoms with van der Waals surface area (Å²) >= 11 is 0. The van der Waals surface area contributed by atoms with Crippen molar-refractivity contribution in [3.8, 4) is 5.75 Å². The third-order valence-electron chi connectivity index (χ3n) is 2.99. The number of nitro benzene ring substituents is 1. The first-order chi connectivity index (χ1) is 9.93. The zero-order chi connectivity index (χ0) is 15.6. The quantitative estimate of drug-likeness (QED) is 0.633. The lowest BCUT2D eigenvalue weighted by Crippen LogP contribution is -1.99. The van der Waals surface area contributed by atoms with Crippen LogP contribution in [-0.4, -0.2) is 12.0 Å². The molecule has 0 amide bonds. The third kappa shape index (κ3) is 2.89. The molecule has 0 aromatic heterocycles. The first kappa shape index (κ1) is 14.6. The molecule has 0 saturated carbocycles. The Morgan fingerprint density at radius 1 is 1.14 bits per heavy atom. The van der Waals surface area contributed by atoms with E-state index in [9.17, 15) is 18.9 Å². The molecule has 2 rings (SSSR count). The van der Waals surface area contributed by atoms with E-state index in [2.05, 4.69) is 6.58 Å². The molecule has 21 heavy (non-hydrogen) atoms. The molecule has 2 aromatic carbocycles. The van der Waals surface area contributed by atoms with Crippen LogP contribution in [0.3, 0.4) is 0 Å². The predicted molar refractivity (Wildman–Crippen MR) is 74.1 cm³/mol. The minimum atomic E-state index is -1.23. The molecule has 108 valence electrons. The molecule has 0 aliphatic carbocycles. The topological polar surface area (TPSA) is 52.4 Å². The van der Waals surface area contributed by atoms with Crippen molar-refractivity contribution in [1.82, 2.24) is 0 Å². The molecule has 0 aliphatic rings. The summed E-state index contributed by atoms with van der Waals surface area (Å²) in [5.41, 5.74) is -0.0455. The van der Waals surface area contributed by atoms with Gasteiger partial charge >= 0.3 is 5.69 Å². The molecule has 0 fully saturated rings. The molecular formula is C15H11F2NO3. The maximum absolute atomic E-state index is 13.6. The second-order valence-electron chi connectivity index (χ2n) is 4.25. The Bertz CT molecular complexity index is 688. The smallest absolute Gasteiger partial charge is 0.340 e. The summed E-state index contributed by atoms with van der Waals surface area (Å²) in [4.78, 5) is 9.46. The number of ether oxygens (including phenoxy) is 1. The fourth-order valence-corrected chi connectivity index (χ4v) is 1.87. The first-order valence-corrected chi connectivity index (χ1v) is 5.91. The van der Waals surface area contributed by atoms with Crippen molar-refractivity contribution in [1.29, 1.82) is 0 Å². The summed E-state index contributed by atoms with van der Waals surface area (Å²) < 4.78 is 32.2. The van der Waals surface area contributed by atoms with Crippen LogP contribution in [0.25, 0.3) is 5.57 Å². The number of rotatable bonds is 4. The highest BCUT2D eigenvalue weighted by Gasteiger charge is 2.22. The van der Waals surface area contributed by atoms with Crippen LogP contribution in [0.2, 0.25) is 0 Å². The maximum atomic E-state index is 13.6. The van der Waals surface area contributed by atoms with Gasteiger partial charge in [-0.1, -0.05) is 18.7 Å². The number of halogens is 2. The molecule has 0 N–H and O–H groups in total. The van der Waals surface area contributed by atoms with Crippen molar-refractivity contribution >= 4 is 11.3 Å². The summed E-state index contributed by atoms with van der Waals surface area (Å²) in [7, 11) is 1.52.